The van der Waals surface area contributed by atoms with Crippen LogP contribution in [0.2, 0.25) is 0 Å². The van der Waals surface area contributed by atoms with Crippen LogP contribution in [0.5, 0.6) is 11.5 Å². The number of rotatable bonds is 9. The van der Waals surface area contributed by atoms with Gasteiger partial charge >= 0.3 is 12.1 Å². The van der Waals surface area contributed by atoms with E-state index in [1.165, 1.54) is 18.1 Å². The molecule has 1 heterocycles. The standard InChI is InChI=1S/C30H35NO7/c1-30(2,3)38-29(33)31-25(28(32)34-4)17-20-9-12-24(13-10-20)35-15-16-36-27-14-11-23-18-21-7-5-6-8-22(21)19-26(23)37-27/h5-10,12-13,18-19,25,27H,11,14-17H2,1-4H3,(H,31,33)/t25-,27?/m0/s1. The van der Waals surface area contributed by atoms with E-state index in [2.05, 4.69) is 29.6 Å². The van der Waals surface area contributed by atoms with Gasteiger partial charge in [-0.15, -0.1) is 0 Å². The first-order valence-electron chi connectivity index (χ1n) is 12.8. The average molecular weight is 522 g/mol. The van der Waals surface area contributed by atoms with Crippen LogP contribution in [0.25, 0.3) is 10.8 Å². The third kappa shape index (κ3) is 7.61. The SMILES string of the molecule is COC(=O)[C@H](Cc1ccc(OCCOC2CCc3cc4ccccc4cc3O2)cc1)NC(=O)OC(C)(C)C. The first kappa shape index (κ1) is 27.3. The van der Waals surface area contributed by atoms with Crippen molar-refractivity contribution in [2.45, 2.75) is 58.0 Å². The molecule has 202 valence electrons. The molecule has 38 heavy (non-hydrogen) atoms. The highest BCUT2D eigenvalue weighted by Gasteiger charge is 2.25. The maximum atomic E-state index is 12.2. The monoisotopic (exact) mass is 521 g/mol. The summed E-state index contributed by atoms with van der Waals surface area (Å²) < 4.78 is 27.9. The van der Waals surface area contributed by atoms with E-state index in [0.29, 0.717) is 19.0 Å². The van der Waals surface area contributed by atoms with E-state index >= 15 is 0 Å². The predicted molar refractivity (Wildman–Crippen MR) is 143 cm³/mol. The number of ether oxygens (including phenoxy) is 5. The fraction of sp³-hybridized carbons (Fsp3) is 0.400. The quantitative estimate of drug-likeness (QED) is 0.306. The molecule has 4 rings (SSSR count). The van der Waals surface area contributed by atoms with Gasteiger partial charge in [0, 0.05) is 12.8 Å². The van der Waals surface area contributed by atoms with E-state index in [1.54, 1.807) is 20.8 Å². The summed E-state index contributed by atoms with van der Waals surface area (Å²) in [6.07, 6.45) is 0.973. The van der Waals surface area contributed by atoms with Gasteiger partial charge in [0.05, 0.1) is 13.7 Å². The highest BCUT2D eigenvalue weighted by molar-refractivity contribution is 5.85. The van der Waals surface area contributed by atoms with Crippen molar-refractivity contribution in [2.75, 3.05) is 20.3 Å². The van der Waals surface area contributed by atoms with Crippen molar-refractivity contribution in [2.24, 2.45) is 0 Å². The first-order chi connectivity index (χ1) is 18.2. The minimum Gasteiger partial charge on any atom is -0.491 e. The number of hydrogen-bond donors (Lipinski definition) is 1. The predicted octanol–water partition coefficient (Wildman–Crippen LogP) is 5.20. The van der Waals surface area contributed by atoms with Gasteiger partial charge in [-0.3, -0.25) is 0 Å². The van der Waals surface area contributed by atoms with E-state index < -0.39 is 23.7 Å². The molecule has 3 aromatic rings. The van der Waals surface area contributed by atoms with Crippen LogP contribution in [-0.4, -0.2) is 50.3 Å². The molecule has 0 saturated heterocycles. The van der Waals surface area contributed by atoms with Gasteiger partial charge in [0.1, 0.15) is 29.7 Å². The van der Waals surface area contributed by atoms with Crippen LogP contribution in [0, 0.1) is 0 Å². The highest BCUT2D eigenvalue weighted by Crippen LogP contribution is 2.32. The minimum atomic E-state index is -0.867. The zero-order valence-corrected chi connectivity index (χ0v) is 22.3. The molecule has 0 aromatic heterocycles. The van der Waals surface area contributed by atoms with Gasteiger partial charge in [0.2, 0.25) is 0 Å². The lowest BCUT2D eigenvalue weighted by Gasteiger charge is -2.26. The lowest BCUT2D eigenvalue weighted by molar-refractivity contribution is -0.143. The zero-order valence-electron chi connectivity index (χ0n) is 22.3. The van der Waals surface area contributed by atoms with Crippen molar-refractivity contribution in [1.82, 2.24) is 5.32 Å². The third-order valence-corrected chi connectivity index (χ3v) is 6.03. The number of aryl methyl sites for hydroxylation is 1. The first-order valence-corrected chi connectivity index (χ1v) is 12.8. The molecule has 8 nitrogen and oxygen atoms in total. The number of carbonyl (C=O) groups is 2. The van der Waals surface area contributed by atoms with Crippen LogP contribution in [0.4, 0.5) is 4.79 Å². The fourth-order valence-electron chi connectivity index (χ4n) is 4.24. The molecule has 1 unspecified atom stereocenters. The summed E-state index contributed by atoms with van der Waals surface area (Å²) >= 11 is 0. The van der Waals surface area contributed by atoms with Gasteiger partial charge in [0.25, 0.3) is 0 Å². The Morgan fingerprint density at radius 3 is 2.42 bits per heavy atom. The van der Waals surface area contributed by atoms with E-state index in [9.17, 15) is 9.59 Å². The smallest absolute Gasteiger partial charge is 0.408 e. The zero-order chi connectivity index (χ0) is 27.1. The Morgan fingerprint density at radius 2 is 1.74 bits per heavy atom. The second kappa shape index (κ2) is 12.2. The van der Waals surface area contributed by atoms with E-state index in [-0.39, 0.29) is 12.7 Å². The summed E-state index contributed by atoms with van der Waals surface area (Å²) in [6.45, 7) is 6.03. The van der Waals surface area contributed by atoms with Crippen molar-refractivity contribution in [3.8, 4) is 11.5 Å². The number of alkyl carbamates (subject to hydrolysis) is 1. The average Bonchev–Trinajstić information content (AvgIpc) is 2.88. The number of fused-ring (bicyclic) bond motifs is 2. The molecule has 0 radical (unpaired) electrons. The maximum Gasteiger partial charge on any atom is 0.408 e. The molecular formula is C30H35NO7. The Bertz CT molecular complexity index is 1250. The van der Waals surface area contributed by atoms with Gasteiger partial charge < -0.3 is 29.0 Å². The minimum absolute atomic E-state index is 0.255. The normalized spacial score (nSPS) is 15.6. The van der Waals surface area contributed by atoms with Crippen molar-refractivity contribution in [3.63, 3.8) is 0 Å². The van der Waals surface area contributed by atoms with Crippen molar-refractivity contribution >= 4 is 22.8 Å². The largest absolute Gasteiger partial charge is 0.491 e. The van der Waals surface area contributed by atoms with Gasteiger partial charge in [-0.05, 0) is 73.4 Å². The van der Waals surface area contributed by atoms with Gasteiger partial charge in [0.15, 0.2) is 6.29 Å². The Balaban J connectivity index is 1.23. The molecule has 0 saturated carbocycles. The molecule has 1 aliphatic heterocycles. The second-order valence-electron chi connectivity index (χ2n) is 10.2. The molecule has 2 atom stereocenters. The molecule has 0 fully saturated rings. The molecule has 3 aromatic carbocycles. The van der Waals surface area contributed by atoms with E-state index in [1.807, 2.05) is 36.4 Å². The second-order valence-corrected chi connectivity index (χ2v) is 10.2. The lowest BCUT2D eigenvalue weighted by Crippen LogP contribution is -2.45. The number of benzene rings is 3. The molecule has 8 heteroatoms. The summed E-state index contributed by atoms with van der Waals surface area (Å²) in [4.78, 5) is 24.3. The van der Waals surface area contributed by atoms with Crippen LogP contribution in [0.3, 0.4) is 0 Å². The number of nitrogens with one attached hydrogen (secondary N) is 1. The third-order valence-electron chi connectivity index (χ3n) is 6.03. The van der Waals surface area contributed by atoms with Crippen LogP contribution in [0.1, 0.15) is 38.3 Å². The number of methoxy groups -OCH3 is 1. The molecule has 0 spiro atoms. The van der Waals surface area contributed by atoms with Crippen LogP contribution < -0.4 is 14.8 Å². The molecule has 0 bridgehead atoms. The molecule has 1 amide bonds. The van der Waals surface area contributed by atoms with Crippen molar-refractivity contribution < 1.29 is 33.3 Å². The molecule has 1 aliphatic rings. The number of hydrogen-bond acceptors (Lipinski definition) is 7. The summed E-state index contributed by atoms with van der Waals surface area (Å²) in [5.74, 6) is 1.00. The Morgan fingerprint density at radius 1 is 1.03 bits per heavy atom. The maximum absolute atomic E-state index is 12.2. The lowest BCUT2D eigenvalue weighted by atomic mass is 10.0. The highest BCUT2D eigenvalue weighted by atomic mass is 16.7. The summed E-state index contributed by atoms with van der Waals surface area (Å²) in [5.41, 5.74) is 1.37. The number of esters is 1. The molecule has 1 N–H and O–H groups in total. The summed E-state index contributed by atoms with van der Waals surface area (Å²) in [5, 5.41) is 4.95. The molecular weight excluding hydrogens is 486 g/mol. The number of carbonyl (C=O) groups excluding carboxylic acids is 2. The van der Waals surface area contributed by atoms with Crippen LogP contribution in [-0.2, 0) is 31.8 Å². The van der Waals surface area contributed by atoms with E-state index in [0.717, 1.165) is 29.5 Å². The van der Waals surface area contributed by atoms with Crippen LogP contribution in [0.15, 0.2) is 60.7 Å². The van der Waals surface area contributed by atoms with Crippen LogP contribution >= 0.6 is 0 Å². The molecule has 0 aliphatic carbocycles. The van der Waals surface area contributed by atoms with Gasteiger partial charge in [-0.1, -0.05) is 36.4 Å². The Labute approximate surface area is 223 Å². The Kier molecular flexibility index (Phi) is 8.73. The van der Waals surface area contributed by atoms with Crippen molar-refractivity contribution in [3.05, 3.63) is 71.8 Å². The van der Waals surface area contributed by atoms with Crippen molar-refractivity contribution in [1.29, 1.82) is 0 Å². The van der Waals surface area contributed by atoms with E-state index in [4.69, 9.17) is 23.7 Å². The fourth-order valence-corrected chi connectivity index (χ4v) is 4.24. The topological polar surface area (TPSA) is 92.3 Å². The summed E-state index contributed by atoms with van der Waals surface area (Å²) in [7, 11) is 1.28. The number of amides is 1. The summed E-state index contributed by atoms with van der Waals surface area (Å²) in [6, 6.07) is 19.0. The van der Waals surface area contributed by atoms with Gasteiger partial charge in [-0.2, -0.15) is 0 Å². The van der Waals surface area contributed by atoms with Gasteiger partial charge in [-0.25, -0.2) is 9.59 Å². The Hall–Kier alpha value is -3.78.